The Labute approximate surface area is 117 Å². The first kappa shape index (κ1) is 12.8. The molecule has 0 amide bonds. The zero-order valence-electron chi connectivity index (χ0n) is 11.8. The van der Waals surface area contributed by atoms with Gasteiger partial charge in [-0.3, -0.25) is 0 Å². The lowest BCUT2D eigenvalue weighted by atomic mass is 9.99. The second-order valence-corrected chi connectivity index (χ2v) is 5.22. The third kappa shape index (κ3) is 1.88. The van der Waals surface area contributed by atoms with Gasteiger partial charge in [-0.05, 0) is 31.0 Å². The highest BCUT2D eigenvalue weighted by atomic mass is 19.1. The van der Waals surface area contributed by atoms with Gasteiger partial charge in [-0.2, -0.15) is 5.10 Å². The van der Waals surface area contributed by atoms with Crippen molar-refractivity contribution in [2.24, 2.45) is 0 Å². The highest BCUT2D eigenvalue weighted by molar-refractivity contribution is 5.72. The van der Waals surface area contributed by atoms with E-state index in [9.17, 15) is 4.39 Å². The van der Waals surface area contributed by atoms with E-state index in [0.29, 0.717) is 11.3 Å². The molecule has 0 unspecified atom stereocenters. The van der Waals surface area contributed by atoms with Gasteiger partial charge in [-0.15, -0.1) is 0 Å². The van der Waals surface area contributed by atoms with Crippen molar-refractivity contribution in [2.75, 3.05) is 0 Å². The lowest BCUT2D eigenvalue weighted by Gasteiger charge is -2.06. The Kier molecular flexibility index (Phi) is 3.01. The van der Waals surface area contributed by atoms with Gasteiger partial charge in [0.25, 0.3) is 0 Å². The van der Waals surface area contributed by atoms with Crippen molar-refractivity contribution < 1.29 is 4.39 Å². The topological polar surface area (TPSA) is 30.2 Å². The van der Waals surface area contributed by atoms with E-state index >= 15 is 0 Å². The summed E-state index contributed by atoms with van der Waals surface area (Å²) in [7, 11) is 0. The van der Waals surface area contributed by atoms with Crippen molar-refractivity contribution in [1.82, 2.24) is 14.6 Å². The molecule has 0 aliphatic heterocycles. The predicted octanol–water partition coefficient (Wildman–Crippen LogP) is 3.97. The summed E-state index contributed by atoms with van der Waals surface area (Å²) in [6, 6.07) is 8.64. The number of fused-ring (bicyclic) bond motifs is 1. The molecular formula is C16H16FN3. The number of aromatic nitrogens is 3. The van der Waals surface area contributed by atoms with Gasteiger partial charge in [0.05, 0.1) is 0 Å². The molecule has 3 rings (SSSR count). The third-order valence-electron chi connectivity index (χ3n) is 3.45. The highest BCUT2D eigenvalue weighted by Crippen LogP contribution is 2.32. The van der Waals surface area contributed by atoms with Gasteiger partial charge in [-0.1, -0.05) is 26.0 Å². The van der Waals surface area contributed by atoms with Crippen molar-refractivity contribution in [3.63, 3.8) is 0 Å². The molecule has 20 heavy (non-hydrogen) atoms. The number of nitrogens with zero attached hydrogens (tertiary/aromatic N) is 3. The predicted molar refractivity (Wildman–Crippen MR) is 77.2 cm³/mol. The molecule has 0 spiro atoms. The summed E-state index contributed by atoms with van der Waals surface area (Å²) in [5.74, 6) is -0.0353. The Bertz CT molecular complexity index is 774. The molecule has 4 heteroatoms. The fourth-order valence-corrected chi connectivity index (χ4v) is 2.46. The van der Waals surface area contributed by atoms with Crippen LogP contribution in [0.4, 0.5) is 4.39 Å². The minimum absolute atomic E-state index is 0.219. The quantitative estimate of drug-likeness (QED) is 0.704. The van der Waals surface area contributed by atoms with Gasteiger partial charge in [0, 0.05) is 23.0 Å². The van der Waals surface area contributed by atoms with Crippen molar-refractivity contribution in [3.8, 4) is 11.3 Å². The van der Waals surface area contributed by atoms with Gasteiger partial charge in [0.1, 0.15) is 11.5 Å². The molecule has 2 aromatic heterocycles. The summed E-state index contributed by atoms with van der Waals surface area (Å²) in [6.45, 7) is 6.12. The van der Waals surface area contributed by atoms with Gasteiger partial charge in [-0.25, -0.2) is 13.9 Å². The summed E-state index contributed by atoms with van der Waals surface area (Å²) < 4.78 is 15.9. The van der Waals surface area contributed by atoms with Gasteiger partial charge < -0.3 is 0 Å². The second kappa shape index (κ2) is 4.71. The van der Waals surface area contributed by atoms with Gasteiger partial charge in [0.15, 0.2) is 5.65 Å². The number of halogens is 1. The Balaban J connectivity index is 2.39. The van der Waals surface area contributed by atoms with E-state index in [1.807, 2.05) is 19.1 Å². The molecule has 0 saturated carbocycles. The molecule has 0 aliphatic carbocycles. The molecule has 3 aromatic rings. The largest absolute Gasteiger partial charge is 0.237 e. The van der Waals surface area contributed by atoms with Crippen LogP contribution in [0, 0.1) is 12.7 Å². The summed E-state index contributed by atoms with van der Waals surface area (Å²) >= 11 is 0. The maximum atomic E-state index is 14.1. The maximum Gasteiger partial charge on any atom is 0.159 e. The molecule has 3 nitrogen and oxygen atoms in total. The number of benzene rings is 1. The van der Waals surface area contributed by atoms with E-state index < -0.39 is 0 Å². The first-order valence-corrected chi connectivity index (χ1v) is 6.68. The smallest absolute Gasteiger partial charge is 0.159 e. The molecule has 0 fully saturated rings. The SMILES string of the molecule is Cc1ccnc2c(C(C)C)c(-c3ccccc3F)nn12. The van der Waals surface area contributed by atoms with E-state index in [-0.39, 0.29) is 11.7 Å². The van der Waals surface area contributed by atoms with Gasteiger partial charge in [0.2, 0.25) is 0 Å². The van der Waals surface area contributed by atoms with E-state index in [1.165, 1.54) is 6.07 Å². The highest BCUT2D eigenvalue weighted by Gasteiger charge is 2.20. The summed E-state index contributed by atoms with van der Waals surface area (Å²) in [5.41, 5.74) is 3.98. The van der Waals surface area contributed by atoms with Crippen LogP contribution < -0.4 is 0 Å². The molecular weight excluding hydrogens is 253 g/mol. The van der Waals surface area contributed by atoms with Gasteiger partial charge >= 0.3 is 0 Å². The number of rotatable bonds is 2. The molecule has 0 atom stereocenters. The van der Waals surface area contributed by atoms with Crippen LogP contribution in [0.15, 0.2) is 36.5 Å². The third-order valence-corrected chi connectivity index (χ3v) is 3.45. The van der Waals surface area contributed by atoms with Crippen LogP contribution in [0.25, 0.3) is 16.9 Å². The normalized spacial score (nSPS) is 11.4. The van der Waals surface area contributed by atoms with E-state index in [0.717, 1.165) is 16.9 Å². The lowest BCUT2D eigenvalue weighted by molar-refractivity contribution is 0.630. The van der Waals surface area contributed by atoms with E-state index in [4.69, 9.17) is 0 Å². The molecule has 2 heterocycles. The fourth-order valence-electron chi connectivity index (χ4n) is 2.46. The minimum Gasteiger partial charge on any atom is -0.237 e. The molecule has 1 aromatic carbocycles. The van der Waals surface area contributed by atoms with Crippen molar-refractivity contribution in [1.29, 1.82) is 0 Å². The molecule has 102 valence electrons. The summed E-state index contributed by atoms with van der Waals surface area (Å²) in [5, 5.41) is 4.58. The average molecular weight is 269 g/mol. The van der Waals surface area contributed by atoms with Crippen molar-refractivity contribution >= 4 is 5.65 Å². The van der Waals surface area contributed by atoms with Crippen LogP contribution in [0.1, 0.15) is 31.0 Å². The Hall–Kier alpha value is -2.23. The summed E-state index contributed by atoms with van der Waals surface area (Å²) in [6.07, 6.45) is 1.77. The van der Waals surface area contributed by atoms with Crippen molar-refractivity contribution in [3.05, 3.63) is 53.6 Å². The Morgan fingerprint density at radius 1 is 1.15 bits per heavy atom. The molecule has 0 radical (unpaired) electrons. The maximum absolute atomic E-state index is 14.1. The van der Waals surface area contributed by atoms with Crippen LogP contribution in [-0.4, -0.2) is 14.6 Å². The van der Waals surface area contributed by atoms with Crippen LogP contribution in [-0.2, 0) is 0 Å². The number of hydrogen-bond donors (Lipinski definition) is 0. The lowest BCUT2D eigenvalue weighted by Crippen LogP contribution is -1.95. The zero-order valence-corrected chi connectivity index (χ0v) is 11.8. The average Bonchev–Trinajstić information content (AvgIpc) is 2.80. The molecule has 0 saturated heterocycles. The monoisotopic (exact) mass is 269 g/mol. The Morgan fingerprint density at radius 3 is 2.60 bits per heavy atom. The van der Waals surface area contributed by atoms with Crippen LogP contribution in [0.3, 0.4) is 0 Å². The second-order valence-electron chi connectivity index (χ2n) is 5.22. The fraction of sp³-hybridized carbons (Fsp3) is 0.250. The van der Waals surface area contributed by atoms with E-state index in [2.05, 4.69) is 23.9 Å². The molecule has 0 bridgehead atoms. The van der Waals surface area contributed by atoms with Crippen LogP contribution in [0.2, 0.25) is 0 Å². The first-order chi connectivity index (χ1) is 9.59. The summed E-state index contributed by atoms with van der Waals surface area (Å²) in [4.78, 5) is 4.42. The minimum atomic E-state index is -0.254. The van der Waals surface area contributed by atoms with Crippen molar-refractivity contribution in [2.45, 2.75) is 26.7 Å². The first-order valence-electron chi connectivity index (χ1n) is 6.68. The van der Waals surface area contributed by atoms with Crippen LogP contribution in [0.5, 0.6) is 0 Å². The van der Waals surface area contributed by atoms with E-state index in [1.54, 1.807) is 22.8 Å². The molecule has 0 N–H and O–H groups in total. The van der Waals surface area contributed by atoms with Crippen LogP contribution >= 0.6 is 0 Å². The Morgan fingerprint density at radius 2 is 1.90 bits per heavy atom. The number of hydrogen-bond acceptors (Lipinski definition) is 2. The number of aryl methyl sites for hydroxylation is 1. The molecule has 0 aliphatic rings. The zero-order chi connectivity index (χ0) is 14.3. The standard InChI is InChI=1S/C16H16FN3/c1-10(2)14-15(12-6-4-5-7-13(12)17)19-20-11(3)8-9-18-16(14)20/h4-10H,1-3H3.